The van der Waals surface area contributed by atoms with Crippen LogP contribution in [0.5, 0.6) is 0 Å². The number of imidazole rings is 1. The van der Waals surface area contributed by atoms with Gasteiger partial charge in [-0.25, -0.2) is 9.97 Å². The van der Waals surface area contributed by atoms with Crippen molar-refractivity contribution < 1.29 is 0 Å². The molecule has 2 aromatic heterocycles. The maximum atomic E-state index is 6.10. The van der Waals surface area contributed by atoms with Crippen molar-refractivity contribution in [1.82, 2.24) is 14.4 Å². The average Bonchev–Trinajstić information content (AvgIpc) is 2.92. The van der Waals surface area contributed by atoms with Crippen LogP contribution in [-0.4, -0.2) is 21.4 Å². The molecule has 0 aliphatic heterocycles. The van der Waals surface area contributed by atoms with Crippen molar-refractivity contribution in [3.8, 4) is 0 Å². The molecule has 0 saturated heterocycles. The maximum absolute atomic E-state index is 6.10. The number of anilines is 3. The largest absolute Gasteiger partial charge is 0.372 e. The Kier molecular flexibility index (Phi) is 3.50. The second-order valence-corrected chi connectivity index (χ2v) is 5.31. The first-order valence-electron chi connectivity index (χ1n) is 5.91. The molecule has 0 bridgehead atoms. The second-order valence-electron chi connectivity index (χ2n) is 4.11. The molecule has 20 heavy (non-hydrogen) atoms. The molecule has 0 amide bonds. The van der Waals surface area contributed by atoms with Crippen LogP contribution in [0.1, 0.15) is 0 Å². The predicted octanol–water partition coefficient (Wildman–Crippen LogP) is 3.93. The molecule has 0 aliphatic carbocycles. The van der Waals surface area contributed by atoms with Crippen molar-refractivity contribution in [3.63, 3.8) is 0 Å². The van der Waals surface area contributed by atoms with Gasteiger partial charge in [0.25, 0.3) is 0 Å². The number of fused-ring (bicyclic) bond motifs is 1. The summed E-state index contributed by atoms with van der Waals surface area (Å²) >= 11 is 9.56. The summed E-state index contributed by atoms with van der Waals surface area (Å²) in [6.07, 6.45) is 5.48. The van der Waals surface area contributed by atoms with E-state index in [4.69, 9.17) is 11.6 Å². The number of aromatic nitrogens is 3. The quantitative estimate of drug-likeness (QED) is 0.750. The molecule has 1 aromatic carbocycles. The maximum Gasteiger partial charge on any atom is 0.180 e. The smallest absolute Gasteiger partial charge is 0.180 e. The van der Waals surface area contributed by atoms with Crippen LogP contribution in [0.4, 0.5) is 17.3 Å². The lowest BCUT2D eigenvalue weighted by molar-refractivity contribution is 1.12. The van der Waals surface area contributed by atoms with E-state index >= 15 is 0 Å². The number of hydrogen-bond acceptors (Lipinski definition) is 4. The SMILES string of the molecule is CNc1cn2ccnc2c(Nc2cccc(Cl)c2Br)n1. The molecule has 0 radical (unpaired) electrons. The van der Waals surface area contributed by atoms with Gasteiger partial charge in [0, 0.05) is 19.4 Å². The zero-order chi connectivity index (χ0) is 14.1. The molecule has 0 aliphatic rings. The Morgan fingerprint density at radius 1 is 1.35 bits per heavy atom. The summed E-state index contributed by atoms with van der Waals surface area (Å²) in [5.74, 6) is 1.40. The van der Waals surface area contributed by atoms with Gasteiger partial charge in [0.1, 0.15) is 5.82 Å². The van der Waals surface area contributed by atoms with Gasteiger partial charge in [-0.1, -0.05) is 17.7 Å². The van der Waals surface area contributed by atoms with E-state index in [0.29, 0.717) is 10.8 Å². The van der Waals surface area contributed by atoms with Gasteiger partial charge < -0.3 is 15.0 Å². The van der Waals surface area contributed by atoms with E-state index in [1.807, 2.05) is 42.0 Å². The minimum atomic E-state index is 0.638. The van der Waals surface area contributed by atoms with Gasteiger partial charge >= 0.3 is 0 Å². The Labute approximate surface area is 129 Å². The highest BCUT2D eigenvalue weighted by molar-refractivity contribution is 9.10. The van der Waals surface area contributed by atoms with E-state index in [2.05, 4.69) is 36.5 Å². The van der Waals surface area contributed by atoms with E-state index in [0.717, 1.165) is 21.6 Å². The van der Waals surface area contributed by atoms with Crippen LogP contribution >= 0.6 is 27.5 Å². The molecule has 2 heterocycles. The van der Waals surface area contributed by atoms with Gasteiger partial charge in [-0.3, -0.25) is 0 Å². The van der Waals surface area contributed by atoms with E-state index in [-0.39, 0.29) is 0 Å². The first kappa shape index (κ1) is 13.2. The lowest BCUT2D eigenvalue weighted by Crippen LogP contribution is -2.02. The summed E-state index contributed by atoms with van der Waals surface area (Å²) in [5.41, 5.74) is 1.58. The molecule has 3 aromatic rings. The predicted molar refractivity (Wildman–Crippen MR) is 85.0 cm³/mol. The topological polar surface area (TPSA) is 54.2 Å². The lowest BCUT2D eigenvalue weighted by Gasteiger charge is -2.11. The first-order valence-corrected chi connectivity index (χ1v) is 7.08. The Morgan fingerprint density at radius 2 is 2.20 bits per heavy atom. The number of halogens is 2. The Morgan fingerprint density at radius 3 is 3.00 bits per heavy atom. The van der Waals surface area contributed by atoms with Gasteiger partial charge in [0.15, 0.2) is 11.5 Å². The summed E-state index contributed by atoms with van der Waals surface area (Å²) in [5, 5.41) is 6.91. The average molecular weight is 353 g/mol. The molecule has 3 rings (SSSR count). The Balaban J connectivity index is 2.10. The lowest BCUT2D eigenvalue weighted by atomic mass is 10.3. The third-order valence-corrected chi connectivity index (χ3v) is 4.23. The summed E-state index contributed by atoms with van der Waals surface area (Å²) in [7, 11) is 1.82. The molecule has 7 heteroatoms. The molecule has 0 unspecified atom stereocenters. The highest BCUT2D eigenvalue weighted by Crippen LogP contribution is 2.32. The molecule has 0 fully saturated rings. The van der Waals surface area contributed by atoms with Crippen LogP contribution < -0.4 is 10.6 Å². The van der Waals surface area contributed by atoms with Crippen LogP contribution in [0.25, 0.3) is 5.65 Å². The van der Waals surface area contributed by atoms with Crippen LogP contribution in [0, 0.1) is 0 Å². The van der Waals surface area contributed by atoms with Crippen LogP contribution in [0.15, 0.2) is 41.3 Å². The van der Waals surface area contributed by atoms with Crippen molar-refractivity contribution in [2.75, 3.05) is 17.7 Å². The minimum Gasteiger partial charge on any atom is -0.372 e. The molecule has 102 valence electrons. The van der Waals surface area contributed by atoms with Gasteiger partial charge in [0.05, 0.1) is 21.4 Å². The first-order chi connectivity index (χ1) is 9.69. The fourth-order valence-electron chi connectivity index (χ4n) is 1.86. The fraction of sp³-hybridized carbons (Fsp3) is 0.0769. The number of benzene rings is 1. The van der Waals surface area contributed by atoms with Crippen molar-refractivity contribution in [2.24, 2.45) is 0 Å². The van der Waals surface area contributed by atoms with Crippen molar-refractivity contribution in [3.05, 3.63) is 46.3 Å². The van der Waals surface area contributed by atoms with Gasteiger partial charge in [0.2, 0.25) is 0 Å². The molecule has 0 spiro atoms. The van der Waals surface area contributed by atoms with E-state index in [1.165, 1.54) is 0 Å². The molecule has 0 atom stereocenters. The highest BCUT2D eigenvalue weighted by atomic mass is 79.9. The van der Waals surface area contributed by atoms with E-state index < -0.39 is 0 Å². The van der Waals surface area contributed by atoms with Gasteiger partial charge in [-0.05, 0) is 28.1 Å². The second kappa shape index (κ2) is 5.30. The Bertz CT molecular complexity index is 771. The summed E-state index contributed by atoms with van der Waals surface area (Å²) in [6.45, 7) is 0. The zero-order valence-corrected chi connectivity index (χ0v) is 12.9. The molecule has 2 N–H and O–H groups in total. The van der Waals surface area contributed by atoms with Crippen molar-refractivity contribution in [1.29, 1.82) is 0 Å². The molecule has 0 saturated carbocycles. The molecular weight excluding hydrogens is 342 g/mol. The molecule has 5 nitrogen and oxygen atoms in total. The highest BCUT2D eigenvalue weighted by Gasteiger charge is 2.10. The van der Waals surface area contributed by atoms with E-state index in [9.17, 15) is 0 Å². The van der Waals surface area contributed by atoms with Crippen LogP contribution in [-0.2, 0) is 0 Å². The Hall–Kier alpha value is -1.79. The van der Waals surface area contributed by atoms with Gasteiger partial charge in [-0.2, -0.15) is 0 Å². The monoisotopic (exact) mass is 351 g/mol. The summed E-state index contributed by atoms with van der Waals surface area (Å²) in [4.78, 5) is 8.79. The molecular formula is C13H11BrClN5. The van der Waals surface area contributed by atoms with Gasteiger partial charge in [-0.15, -0.1) is 0 Å². The third kappa shape index (κ3) is 2.32. The zero-order valence-electron chi connectivity index (χ0n) is 10.6. The summed E-state index contributed by atoms with van der Waals surface area (Å²) in [6, 6.07) is 5.61. The summed E-state index contributed by atoms with van der Waals surface area (Å²) < 4.78 is 2.70. The van der Waals surface area contributed by atoms with E-state index in [1.54, 1.807) is 6.20 Å². The van der Waals surface area contributed by atoms with Crippen molar-refractivity contribution >= 4 is 50.5 Å². The van der Waals surface area contributed by atoms with Crippen LogP contribution in [0.3, 0.4) is 0 Å². The third-order valence-electron chi connectivity index (χ3n) is 2.83. The normalized spacial score (nSPS) is 10.8. The number of nitrogens with zero attached hydrogens (tertiary/aromatic N) is 3. The standard InChI is InChI=1S/C13H11BrClN5/c1-16-10-7-20-6-5-17-13(20)12(19-10)18-9-4-2-3-8(15)11(9)14/h2-7,16H,1H3,(H,18,19). The fourth-order valence-corrected chi connectivity index (χ4v) is 2.40. The number of rotatable bonds is 3. The number of nitrogens with one attached hydrogen (secondary N) is 2. The van der Waals surface area contributed by atoms with Crippen molar-refractivity contribution in [2.45, 2.75) is 0 Å². The number of hydrogen-bond donors (Lipinski definition) is 2. The van der Waals surface area contributed by atoms with Crippen LogP contribution in [0.2, 0.25) is 5.02 Å². The minimum absolute atomic E-state index is 0.638.